The molecule has 0 unspecified atom stereocenters. The molecule has 1 aromatic carbocycles. The van der Waals surface area contributed by atoms with Crippen molar-refractivity contribution < 1.29 is 48.5 Å². The van der Waals surface area contributed by atoms with E-state index in [1.165, 1.54) is 23.0 Å². The van der Waals surface area contributed by atoms with Gasteiger partial charge in [-0.15, -0.1) is 0 Å². The standard InChI is InChI=1S/C10H3F6IO5/c11-9(12,13)7(18)20-4-2-1-3-5(22-17)6(4)21-8(19)10(14,15)16/h1-3H. The molecule has 0 spiro atoms. The summed E-state index contributed by atoms with van der Waals surface area (Å²) in [7, 11) is 0. The van der Waals surface area contributed by atoms with E-state index in [4.69, 9.17) is 0 Å². The van der Waals surface area contributed by atoms with E-state index in [-0.39, 0.29) is 0 Å². The molecule has 122 valence electrons. The van der Waals surface area contributed by atoms with Gasteiger partial charge in [0, 0.05) is 0 Å². The lowest BCUT2D eigenvalue weighted by atomic mass is 10.3. The average Bonchev–Trinajstić information content (AvgIpc) is 2.38. The van der Waals surface area contributed by atoms with E-state index >= 15 is 0 Å². The molecule has 0 aliphatic heterocycles. The van der Waals surface area contributed by atoms with Crippen molar-refractivity contribution in [3.8, 4) is 17.2 Å². The van der Waals surface area contributed by atoms with Crippen LogP contribution in [-0.4, -0.2) is 24.3 Å². The van der Waals surface area contributed by atoms with Gasteiger partial charge in [-0.25, -0.2) is 9.59 Å². The fraction of sp³-hybridized carbons (Fsp3) is 0.200. The van der Waals surface area contributed by atoms with Crippen LogP contribution in [0.2, 0.25) is 0 Å². The SMILES string of the molecule is O=C(Oc1cccc(OI)c1OC(=O)C(F)(F)F)C(F)(F)F. The minimum absolute atomic E-state index is 0.550. The zero-order valence-corrected chi connectivity index (χ0v) is 12.1. The Hall–Kier alpha value is -1.73. The molecule has 22 heavy (non-hydrogen) atoms. The van der Waals surface area contributed by atoms with Crippen molar-refractivity contribution in [2.45, 2.75) is 12.4 Å². The van der Waals surface area contributed by atoms with Gasteiger partial charge in [-0.05, 0) is 12.1 Å². The molecule has 0 aliphatic carbocycles. The number of hydrogen-bond acceptors (Lipinski definition) is 5. The number of ether oxygens (including phenoxy) is 2. The first-order chi connectivity index (χ1) is 9.96. The fourth-order valence-corrected chi connectivity index (χ4v) is 1.39. The zero-order chi connectivity index (χ0) is 17.1. The largest absolute Gasteiger partial charge is 0.491 e. The van der Waals surface area contributed by atoms with Gasteiger partial charge in [-0.1, -0.05) is 6.07 Å². The van der Waals surface area contributed by atoms with Crippen LogP contribution in [0.3, 0.4) is 0 Å². The third kappa shape index (κ3) is 4.64. The van der Waals surface area contributed by atoms with Crippen LogP contribution in [0.4, 0.5) is 26.3 Å². The van der Waals surface area contributed by atoms with Crippen LogP contribution in [-0.2, 0) is 9.59 Å². The van der Waals surface area contributed by atoms with Gasteiger partial charge in [0.1, 0.15) is 0 Å². The van der Waals surface area contributed by atoms with Gasteiger partial charge in [0.2, 0.25) is 5.75 Å². The lowest BCUT2D eigenvalue weighted by Crippen LogP contribution is -2.30. The van der Waals surface area contributed by atoms with Gasteiger partial charge in [0.25, 0.3) is 0 Å². The van der Waals surface area contributed by atoms with Gasteiger partial charge in [-0.3, -0.25) is 0 Å². The van der Waals surface area contributed by atoms with E-state index in [9.17, 15) is 35.9 Å². The van der Waals surface area contributed by atoms with Gasteiger partial charge >= 0.3 is 24.3 Å². The molecule has 0 aliphatic rings. The lowest BCUT2D eigenvalue weighted by Gasteiger charge is -2.14. The molecule has 0 amide bonds. The van der Waals surface area contributed by atoms with Gasteiger partial charge in [0.05, 0.1) is 0 Å². The molecule has 1 aromatic rings. The van der Waals surface area contributed by atoms with Gasteiger partial charge < -0.3 is 12.5 Å². The Morgan fingerprint density at radius 3 is 1.77 bits per heavy atom. The first kappa shape index (κ1) is 18.3. The molecule has 0 bridgehead atoms. The summed E-state index contributed by atoms with van der Waals surface area (Å²) in [5.74, 6) is -8.16. The number of hydrogen-bond donors (Lipinski definition) is 0. The number of carbonyl (C=O) groups is 2. The van der Waals surface area contributed by atoms with Crippen molar-refractivity contribution in [2.75, 3.05) is 0 Å². The Morgan fingerprint density at radius 2 is 1.32 bits per heavy atom. The predicted octanol–water partition coefficient (Wildman–Crippen LogP) is 3.35. The molecule has 0 radical (unpaired) electrons. The molecule has 0 saturated heterocycles. The lowest BCUT2D eigenvalue weighted by molar-refractivity contribution is -0.191. The summed E-state index contributed by atoms with van der Waals surface area (Å²) in [6.07, 6.45) is -10.8. The van der Waals surface area contributed by atoms with E-state index in [2.05, 4.69) is 12.5 Å². The third-order valence-electron chi connectivity index (χ3n) is 1.89. The minimum Gasteiger partial charge on any atom is -0.424 e. The number of esters is 2. The van der Waals surface area contributed by atoms with Gasteiger partial charge in [0.15, 0.2) is 34.5 Å². The molecule has 12 heteroatoms. The van der Waals surface area contributed by atoms with Crippen LogP contribution in [0.5, 0.6) is 17.2 Å². The normalized spacial score (nSPS) is 11.8. The van der Waals surface area contributed by atoms with Crippen molar-refractivity contribution in [3.05, 3.63) is 18.2 Å². The average molecular weight is 444 g/mol. The van der Waals surface area contributed by atoms with E-state index < -0.39 is 41.5 Å². The number of alkyl halides is 6. The predicted molar refractivity (Wildman–Crippen MR) is 64.5 cm³/mol. The maximum Gasteiger partial charge on any atom is 0.491 e. The highest BCUT2D eigenvalue weighted by molar-refractivity contribution is 14.1. The quantitative estimate of drug-likeness (QED) is 0.310. The fourth-order valence-electron chi connectivity index (χ4n) is 1.05. The second-order valence-electron chi connectivity index (χ2n) is 3.44. The zero-order valence-electron chi connectivity index (χ0n) is 9.92. The maximum atomic E-state index is 12.1. The highest BCUT2D eigenvalue weighted by Gasteiger charge is 2.44. The summed E-state index contributed by atoms with van der Waals surface area (Å²) in [5.41, 5.74) is 0. The Bertz CT molecular complexity index is 582. The molecular weight excluding hydrogens is 441 g/mol. The Kier molecular flexibility index (Phi) is 5.48. The summed E-state index contributed by atoms with van der Waals surface area (Å²) in [6, 6.07) is 2.69. The number of para-hydroxylation sites is 1. The number of benzene rings is 1. The molecule has 0 aromatic heterocycles. The van der Waals surface area contributed by atoms with E-state index in [0.717, 1.165) is 12.1 Å². The number of carbonyl (C=O) groups excluding carboxylic acids is 2. The smallest absolute Gasteiger partial charge is 0.424 e. The van der Waals surface area contributed by atoms with Crippen molar-refractivity contribution in [1.29, 1.82) is 0 Å². The van der Waals surface area contributed by atoms with Crippen LogP contribution in [0, 0.1) is 0 Å². The van der Waals surface area contributed by atoms with E-state index in [0.29, 0.717) is 6.07 Å². The van der Waals surface area contributed by atoms with Crippen molar-refractivity contribution in [1.82, 2.24) is 0 Å². The summed E-state index contributed by atoms with van der Waals surface area (Å²) in [5, 5.41) is 0. The maximum absolute atomic E-state index is 12.1. The highest BCUT2D eigenvalue weighted by atomic mass is 127. The van der Waals surface area contributed by atoms with Gasteiger partial charge in [-0.2, -0.15) is 26.3 Å². The molecule has 0 heterocycles. The molecule has 0 fully saturated rings. The van der Waals surface area contributed by atoms with Crippen molar-refractivity contribution >= 4 is 34.9 Å². The van der Waals surface area contributed by atoms with Crippen LogP contribution in [0.25, 0.3) is 0 Å². The summed E-state index contributed by atoms with van der Waals surface area (Å²) in [6.45, 7) is 0. The first-order valence-electron chi connectivity index (χ1n) is 4.96. The number of halogens is 7. The third-order valence-corrected chi connectivity index (χ3v) is 2.36. The molecule has 0 N–H and O–H groups in total. The van der Waals surface area contributed by atoms with Crippen LogP contribution in [0.15, 0.2) is 18.2 Å². The molecule has 5 nitrogen and oxygen atoms in total. The Labute approximate surface area is 131 Å². The monoisotopic (exact) mass is 444 g/mol. The van der Waals surface area contributed by atoms with Crippen LogP contribution >= 0.6 is 23.0 Å². The Balaban J connectivity index is 3.18. The van der Waals surface area contributed by atoms with Crippen molar-refractivity contribution in [2.24, 2.45) is 0 Å². The number of rotatable bonds is 3. The van der Waals surface area contributed by atoms with Crippen molar-refractivity contribution in [3.63, 3.8) is 0 Å². The summed E-state index contributed by atoms with van der Waals surface area (Å²) >= 11 is 1.18. The first-order valence-corrected chi connectivity index (χ1v) is 5.84. The topological polar surface area (TPSA) is 61.8 Å². The van der Waals surface area contributed by atoms with Crippen LogP contribution in [0.1, 0.15) is 0 Å². The van der Waals surface area contributed by atoms with E-state index in [1.54, 1.807) is 0 Å². The highest BCUT2D eigenvalue weighted by Crippen LogP contribution is 2.40. The second-order valence-corrected chi connectivity index (χ2v) is 3.88. The summed E-state index contributed by atoms with van der Waals surface area (Å²) in [4.78, 5) is 21.5. The van der Waals surface area contributed by atoms with E-state index in [1.807, 2.05) is 0 Å². The molecular formula is C10H3F6IO5. The van der Waals surface area contributed by atoms with Crippen LogP contribution < -0.4 is 12.5 Å². The molecule has 1 rings (SSSR count). The minimum atomic E-state index is -5.41. The molecule has 0 atom stereocenters. The Morgan fingerprint density at radius 1 is 0.864 bits per heavy atom. The summed E-state index contributed by atoms with van der Waals surface area (Å²) < 4.78 is 85.1. The second kappa shape index (κ2) is 6.58. The molecule has 0 saturated carbocycles.